The number of hydrogen-bond acceptors (Lipinski definition) is 3. The normalized spacial score (nSPS) is 28.9. The van der Waals surface area contributed by atoms with E-state index in [0.717, 1.165) is 38.5 Å². The number of amides is 2. The SMILES string of the molecule is CN(C(=O)c1ccccc1NC(=O)C1CC2CCCC(C1)C2N)C1CCCCC1.Cl. The van der Waals surface area contributed by atoms with Crippen LogP contribution in [0.3, 0.4) is 0 Å². The van der Waals surface area contributed by atoms with Gasteiger partial charge in [-0.3, -0.25) is 9.59 Å². The Balaban J connectivity index is 0.00000256. The van der Waals surface area contributed by atoms with Gasteiger partial charge in [0.1, 0.15) is 0 Å². The first kappa shape index (κ1) is 23.1. The molecule has 1 aromatic rings. The molecular formula is C24H36ClN3O2. The predicted molar refractivity (Wildman–Crippen MR) is 123 cm³/mol. The Kier molecular flexibility index (Phi) is 7.81. The monoisotopic (exact) mass is 433 g/mol. The highest BCUT2D eigenvalue weighted by atomic mass is 35.5. The van der Waals surface area contributed by atoms with Gasteiger partial charge in [-0.05, 0) is 62.5 Å². The van der Waals surface area contributed by atoms with Crippen LogP contribution in [0.2, 0.25) is 0 Å². The summed E-state index contributed by atoms with van der Waals surface area (Å²) >= 11 is 0. The highest BCUT2D eigenvalue weighted by molar-refractivity contribution is 6.04. The highest BCUT2D eigenvalue weighted by Gasteiger charge is 2.40. The van der Waals surface area contributed by atoms with Crippen LogP contribution < -0.4 is 11.1 Å². The number of para-hydroxylation sites is 1. The maximum atomic E-state index is 13.2. The molecule has 0 spiro atoms. The van der Waals surface area contributed by atoms with E-state index in [4.69, 9.17) is 5.73 Å². The number of benzene rings is 1. The Morgan fingerprint density at radius 2 is 1.60 bits per heavy atom. The first-order valence-corrected chi connectivity index (χ1v) is 11.5. The smallest absolute Gasteiger partial charge is 0.255 e. The molecule has 3 N–H and O–H groups in total. The molecule has 5 nitrogen and oxygen atoms in total. The minimum atomic E-state index is 0. The van der Waals surface area contributed by atoms with Gasteiger partial charge in [-0.25, -0.2) is 0 Å². The van der Waals surface area contributed by atoms with Crippen LogP contribution in [-0.4, -0.2) is 35.8 Å². The van der Waals surface area contributed by atoms with Crippen LogP contribution in [0.5, 0.6) is 0 Å². The average Bonchev–Trinajstić information content (AvgIpc) is 2.73. The third kappa shape index (κ3) is 4.83. The Morgan fingerprint density at radius 1 is 0.967 bits per heavy atom. The Bertz CT molecular complexity index is 736. The zero-order valence-electron chi connectivity index (χ0n) is 18.0. The lowest BCUT2D eigenvalue weighted by Gasteiger charge is -2.43. The van der Waals surface area contributed by atoms with Crippen molar-refractivity contribution in [3.8, 4) is 0 Å². The molecule has 166 valence electrons. The fourth-order valence-electron chi connectivity index (χ4n) is 5.84. The van der Waals surface area contributed by atoms with E-state index >= 15 is 0 Å². The van der Waals surface area contributed by atoms with Crippen molar-refractivity contribution < 1.29 is 9.59 Å². The summed E-state index contributed by atoms with van der Waals surface area (Å²) in [6.07, 6.45) is 11.1. The van der Waals surface area contributed by atoms with Gasteiger partial charge in [-0.1, -0.05) is 37.8 Å². The molecule has 2 atom stereocenters. The van der Waals surface area contributed by atoms with E-state index in [2.05, 4.69) is 5.32 Å². The molecule has 0 radical (unpaired) electrons. The Morgan fingerprint density at radius 3 is 2.27 bits per heavy atom. The van der Waals surface area contributed by atoms with Crippen molar-refractivity contribution >= 4 is 29.9 Å². The minimum absolute atomic E-state index is 0. The van der Waals surface area contributed by atoms with Gasteiger partial charge in [0.05, 0.1) is 11.3 Å². The first-order chi connectivity index (χ1) is 14.0. The summed E-state index contributed by atoms with van der Waals surface area (Å²) in [5.41, 5.74) is 7.63. The standard InChI is InChI=1S/C24H35N3O2.ClH/c1-27(19-10-3-2-4-11-19)24(29)20-12-5-6-13-21(20)26-23(28)18-14-16-8-7-9-17(15-18)22(16)25;/h5-6,12-13,16-19,22H,2-4,7-11,14-15,25H2,1H3,(H,26,28);1H. The summed E-state index contributed by atoms with van der Waals surface area (Å²) in [6.45, 7) is 0. The largest absolute Gasteiger partial charge is 0.339 e. The molecule has 1 aromatic carbocycles. The number of nitrogens with two attached hydrogens (primary N) is 1. The molecule has 0 saturated heterocycles. The molecule has 3 saturated carbocycles. The van der Waals surface area contributed by atoms with E-state index in [-0.39, 0.29) is 36.2 Å². The average molecular weight is 434 g/mol. The van der Waals surface area contributed by atoms with Crippen LogP contribution in [0.25, 0.3) is 0 Å². The number of fused-ring (bicyclic) bond motifs is 2. The van der Waals surface area contributed by atoms with Crippen LogP contribution in [0.15, 0.2) is 24.3 Å². The van der Waals surface area contributed by atoms with Crippen molar-refractivity contribution in [3.05, 3.63) is 29.8 Å². The minimum Gasteiger partial charge on any atom is -0.339 e. The molecule has 0 aliphatic heterocycles. The van der Waals surface area contributed by atoms with E-state index in [1.165, 1.54) is 25.7 Å². The molecule has 0 heterocycles. The van der Waals surface area contributed by atoms with Gasteiger partial charge < -0.3 is 16.0 Å². The Hall–Kier alpha value is -1.59. The molecule has 3 aliphatic rings. The number of halogens is 1. The lowest BCUT2D eigenvalue weighted by Crippen LogP contribution is -2.48. The number of nitrogens with zero attached hydrogens (tertiary/aromatic N) is 1. The van der Waals surface area contributed by atoms with E-state index in [9.17, 15) is 9.59 Å². The highest BCUT2D eigenvalue weighted by Crippen LogP contribution is 2.42. The van der Waals surface area contributed by atoms with Crippen molar-refractivity contribution in [2.24, 2.45) is 23.5 Å². The molecule has 30 heavy (non-hydrogen) atoms. The summed E-state index contributed by atoms with van der Waals surface area (Å²) < 4.78 is 0. The van der Waals surface area contributed by atoms with Gasteiger partial charge in [0, 0.05) is 25.0 Å². The Labute approximate surface area is 186 Å². The van der Waals surface area contributed by atoms with Gasteiger partial charge in [0.15, 0.2) is 0 Å². The molecule has 2 amide bonds. The van der Waals surface area contributed by atoms with E-state index < -0.39 is 0 Å². The van der Waals surface area contributed by atoms with Crippen molar-refractivity contribution in [1.29, 1.82) is 0 Å². The number of rotatable bonds is 4. The second-order valence-corrected chi connectivity index (χ2v) is 9.44. The molecule has 6 heteroatoms. The van der Waals surface area contributed by atoms with Crippen LogP contribution >= 0.6 is 12.4 Å². The van der Waals surface area contributed by atoms with Crippen LogP contribution in [0, 0.1) is 17.8 Å². The van der Waals surface area contributed by atoms with Gasteiger partial charge >= 0.3 is 0 Å². The van der Waals surface area contributed by atoms with Gasteiger partial charge in [-0.15, -0.1) is 12.4 Å². The maximum Gasteiger partial charge on any atom is 0.255 e. The summed E-state index contributed by atoms with van der Waals surface area (Å²) in [7, 11) is 1.90. The summed E-state index contributed by atoms with van der Waals surface area (Å²) in [5.74, 6) is 0.995. The second-order valence-electron chi connectivity index (χ2n) is 9.44. The molecule has 3 fully saturated rings. The number of carbonyl (C=O) groups excluding carboxylic acids is 2. The fourth-order valence-corrected chi connectivity index (χ4v) is 5.84. The summed E-state index contributed by atoms with van der Waals surface area (Å²) in [5, 5.41) is 3.10. The number of nitrogens with one attached hydrogen (secondary N) is 1. The molecule has 0 aromatic heterocycles. The van der Waals surface area contributed by atoms with Gasteiger partial charge in [0.25, 0.3) is 5.91 Å². The molecule has 2 unspecified atom stereocenters. The third-order valence-electron chi connectivity index (χ3n) is 7.64. The van der Waals surface area contributed by atoms with Crippen LogP contribution in [0.1, 0.15) is 74.6 Å². The molecular weight excluding hydrogens is 398 g/mol. The topological polar surface area (TPSA) is 75.4 Å². The van der Waals surface area contributed by atoms with Gasteiger partial charge in [-0.2, -0.15) is 0 Å². The first-order valence-electron chi connectivity index (χ1n) is 11.5. The van der Waals surface area contributed by atoms with E-state index in [1.54, 1.807) is 0 Å². The van der Waals surface area contributed by atoms with Crippen molar-refractivity contribution in [1.82, 2.24) is 4.90 Å². The van der Waals surface area contributed by atoms with Crippen molar-refractivity contribution in [2.75, 3.05) is 12.4 Å². The zero-order valence-corrected chi connectivity index (χ0v) is 18.8. The maximum absolute atomic E-state index is 13.2. The molecule has 3 aliphatic carbocycles. The van der Waals surface area contributed by atoms with Crippen LogP contribution in [0.4, 0.5) is 5.69 Å². The lowest BCUT2D eigenvalue weighted by atomic mass is 9.65. The quantitative estimate of drug-likeness (QED) is 0.728. The predicted octanol–water partition coefficient (Wildman–Crippen LogP) is 4.61. The second kappa shape index (κ2) is 10.1. The number of anilines is 1. The van der Waals surface area contributed by atoms with Crippen LogP contribution in [-0.2, 0) is 4.79 Å². The molecule has 2 bridgehead atoms. The number of hydrogen-bond donors (Lipinski definition) is 2. The molecule has 4 rings (SSSR count). The van der Waals surface area contributed by atoms with E-state index in [1.807, 2.05) is 36.2 Å². The lowest BCUT2D eigenvalue weighted by molar-refractivity contribution is -0.122. The fraction of sp³-hybridized carbons (Fsp3) is 0.667. The number of carbonyl (C=O) groups is 2. The van der Waals surface area contributed by atoms with Crippen molar-refractivity contribution in [3.63, 3.8) is 0 Å². The third-order valence-corrected chi connectivity index (χ3v) is 7.64. The zero-order chi connectivity index (χ0) is 20.4. The van der Waals surface area contributed by atoms with Gasteiger partial charge in [0.2, 0.25) is 5.91 Å². The summed E-state index contributed by atoms with van der Waals surface area (Å²) in [4.78, 5) is 28.1. The van der Waals surface area contributed by atoms with E-state index in [0.29, 0.717) is 29.1 Å². The summed E-state index contributed by atoms with van der Waals surface area (Å²) in [6, 6.07) is 8.02. The van der Waals surface area contributed by atoms with Crippen molar-refractivity contribution in [2.45, 2.75) is 76.3 Å².